The van der Waals surface area contributed by atoms with E-state index >= 15 is 4.79 Å². The molecule has 256 valence electrons. The molecule has 0 aromatic carbocycles. The van der Waals surface area contributed by atoms with Crippen LogP contribution in [-0.2, 0) is 14.3 Å². The highest BCUT2D eigenvalue weighted by Crippen LogP contribution is 2.45. The van der Waals surface area contributed by atoms with E-state index in [0.29, 0.717) is 32.6 Å². The van der Waals surface area contributed by atoms with Crippen LogP contribution in [0.4, 0.5) is 0 Å². The van der Waals surface area contributed by atoms with Crippen molar-refractivity contribution in [3.05, 3.63) is 0 Å². The van der Waals surface area contributed by atoms with Crippen molar-refractivity contribution >= 4 is 11.8 Å². The number of amides is 2. The van der Waals surface area contributed by atoms with Crippen LogP contribution >= 0.6 is 0 Å². The maximum Gasteiger partial charge on any atom is 0.229 e. The van der Waals surface area contributed by atoms with Crippen LogP contribution in [-0.4, -0.2) is 47.6 Å². The van der Waals surface area contributed by atoms with Gasteiger partial charge in [0.15, 0.2) is 0 Å². The molecule has 1 unspecified atom stereocenters. The number of rotatable bonds is 27. The Kier molecular flexibility index (Phi) is 21.1. The Morgan fingerprint density at radius 3 is 1.53 bits per heavy atom. The van der Waals surface area contributed by atoms with Crippen LogP contribution in [0.5, 0.6) is 0 Å². The van der Waals surface area contributed by atoms with E-state index in [1.165, 1.54) is 70.6 Å². The van der Waals surface area contributed by atoms with Crippen molar-refractivity contribution in [1.29, 1.82) is 0 Å². The van der Waals surface area contributed by atoms with Gasteiger partial charge in [0.05, 0.1) is 6.61 Å². The van der Waals surface area contributed by atoms with Crippen LogP contribution in [0.25, 0.3) is 0 Å². The van der Waals surface area contributed by atoms with Crippen molar-refractivity contribution in [2.24, 2.45) is 10.8 Å². The monoisotopic (exact) mass is 609 g/mol. The lowest BCUT2D eigenvalue weighted by molar-refractivity contribution is -0.160. The van der Waals surface area contributed by atoms with Crippen molar-refractivity contribution in [2.45, 2.75) is 203 Å². The molecule has 0 aromatic heterocycles. The zero-order valence-electron chi connectivity index (χ0n) is 31.0. The SMILES string of the molecule is CCCCCCC(C)(CC)N(C(=O)C(C)(C)CC(C)(C)CC(=O)NCCOCC)C(C)(CCCCCC)CCCCCC. The number of nitrogens with zero attached hydrogens (tertiary/aromatic N) is 1. The first-order valence-electron chi connectivity index (χ1n) is 18.4. The van der Waals surface area contributed by atoms with Gasteiger partial charge < -0.3 is 15.0 Å². The minimum Gasteiger partial charge on any atom is -0.380 e. The number of nitrogens with one attached hydrogen (secondary N) is 1. The first kappa shape index (κ1) is 41.9. The molecule has 0 aromatic rings. The molecule has 0 bridgehead atoms. The van der Waals surface area contributed by atoms with Gasteiger partial charge in [0, 0.05) is 36.1 Å². The maximum atomic E-state index is 15.1. The van der Waals surface area contributed by atoms with Gasteiger partial charge in [-0.1, -0.05) is 132 Å². The van der Waals surface area contributed by atoms with Gasteiger partial charge >= 0.3 is 0 Å². The van der Waals surface area contributed by atoms with Gasteiger partial charge in [0.1, 0.15) is 0 Å². The minimum atomic E-state index is -0.580. The molecular weight excluding hydrogens is 532 g/mol. The van der Waals surface area contributed by atoms with Gasteiger partial charge in [-0.3, -0.25) is 9.59 Å². The zero-order chi connectivity index (χ0) is 33.0. The minimum absolute atomic E-state index is 0.0378. The highest BCUT2D eigenvalue weighted by atomic mass is 16.5. The number of carbonyl (C=O) groups is 2. The van der Waals surface area contributed by atoms with Gasteiger partial charge in [-0.05, 0) is 58.3 Å². The Balaban J connectivity index is 6.36. The quantitative estimate of drug-likeness (QED) is 0.0944. The second-order valence-corrected chi connectivity index (χ2v) is 15.4. The summed E-state index contributed by atoms with van der Waals surface area (Å²) in [5, 5.41) is 3.01. The van der Waals surface area contributed by atoms with E-state index < -0.39 is 5.41 Å². The first-order chi connectivity index (χ1) is 20.2. The molecule has 1 atom stereocenters. The lowest BCUT2D eigenvalue weighted by Gasteiger charge is -2.55. The Morgan fingerprint density at radius 1 is 0.651 bits per heavy atom. The molecule has 5 heteroatoms. The molecule has 0 aliphatic heterocycles. The van der Waals surface area contributed by atoms with E-state index in [1.54, 1.807) is 0 Å². The Labute approximate surface area is 269 Å². The second-order valence-electron chi connectivity index (χ2n) is 15.4. The molecule has 2 amide bonds. The van der Waals surface area contributed by atoms with Crippen LogP contribution < -0.4 is 5.32 Å². The summed E-state index contributed by atoms with van der Waals surface area (Å²) in [5.41, 5.74) is -1.24. The Bertz CT molecular complexity index is 735. The van der Waals surface area contributed by atoms with Crippen LogP contribution in [0.3, 0.4) is 0 Å². The lowest BCUT2D eigenvalue weighted by atomic mass is 9.70. The van der Waals surface area contributed by atoms with Crippen molar-refractivity contribution in [3.8, 4) is 0 Å². The number of ether oxygens (including phenoxy) is 1. The van der Waals surface area contributed by atoms with Crippen LogP contribution in [0, 0.1) is 10.8 Å². The summed E-state index contributed by atoms with van der Waals surface area (Å²) >= 11 is 0. The predicted molar refractivity (Wildman–Crippen MR) is 187 cm³/mol. The zero-order valence-corrected chi connectivity index (χ0v) is 31.0. The summed E-state index contributed by atoms with van der Waals surface area (Å²) in [6.45, 7) is 26.1. The maximum absolute atomic E-state index is 15.1. The van der Waals surface area contributed by atoms with Crippen molar-refractivity contribution in [2.75, 3.05) is 19.8 Å². The molecule has 0 fully saturated rings. The first-order valence-corrected chi connectivity index (χ1v) is 18.4. The third-order valence-corrected chi connectivity index (χ3v) is 9.66. The molecule has 0 aliphatic rings. The average Bonchev–Trinajstić information content (AvgIpc) is 2.93. The van der Waals surface area contributed by atoms with E-state index in [-0.39, 0.29) is 28.3 Å². The van der Waals surface area contributed by atoms with Crippen LogP contribution in [0.1, 0.15) is 192 Å². The molecule has 0 aliphatic carbocycles. The lowest BCUT2D eigenvalue weighted by Crippen LogP contribution is -2.63. The fourth-order valence-corrected chi connectivity index (χ4v) is 7.28. The molecule has 0 saturated heterocycles. The predicted octanol–water partition coefficient (Wildman–Crippen LogP) is 10.6. The molecule has 0 heterocycles. The van der Waals surface area contributed by atoms with Gasteiger partial charge in [0.25, 0.3) is 0 Å². The molecule has 1 N–H and O–H groups in total. The molecule has 43 heavy (non-hydrogen) atoms. The number of unbranched alkanes of at least 4 members (excludes halogenated alkanes) is 9. The molecule has 0 saturated carbocycles. The highest BCUT2D eigenvalue weighted by molar-refractivity contribution is 5.84. The van der Waals surface area contributed by atoms with Crippen LogP contribution in [0.2, 0.25) is 0 Å². The fourth-order valence-electron chi connectivity index (χ4n) is 7.28. The van der Waals surface area contributed by atoms with Crippen molar-refractivity contribution in [1.82, 2.24) is 10.2 Å². The van der Waals surface area contributed by atoms with Gasteiger partial charge in [-0.2, -0.15) is 0 Å². The molecule has 0 rings (SSSR count). The molecule has 5 nitrogen and oxygen atoms in total. The third kappa shape index (κ3) is 16.2. The normalized spacial score (nSPS) is 14.0. The van der Waals surface area contributed by atoms with E-state index in [4.69, 9.17) is 4.74 Å². The number of carbonyl (C=O) groups excluding carboxylic acids is 2. The Hall–Kier alpha value is -1.10. The smallest absolute Gasteiger partial charge is 0.229 e. The molecule has 0 spiro atoms. The summed E-state index contributed by atoms with van der Waals surface area (Å²) in [6, 6.07) is 0. The van der Waals surface area contributed by atoms with Crippen molar-refractivity contribution in [3.63, 3.8) is 0 Å². The highest BCUT2D eigenvalue weighted by Gasteiger charge is 2.49. The third-order valence-electron chi connectivity index (χ3n) is 9.66. The van der Waals surface area contributed by atoms with Gasteiger partial charge in [0.2, 0.25) is 11.8 Å². The topological polar surface area (TPSA) is 58.6 Å². The van der Waals surface area contributed by atoms with Gasteiger partial charge in [-0.25, -0.2) is 0 Å². The van der Waals surface area contributed by atoms with E-state index in [0.717, 1.165) is 32.1 Å². The molecular formula is C38H76N2O3. The summed E-state index contributed by atoms with van der Waals surface area (Å²) in [4.78, 5) is 30.4. The Morgan fingerprint density at radius 2 is 1.12 bits per heavy atom. The summed E-state index contributed by atoms with van der Waals surface area (Å²) in [7, 11) is 0. The van der Waals surface area contributed by atoms with E-state index in [9.17, 15) is 4.79 Å². The number of hydrogen-bond donors (Lipinski definition) is 1. The molecule has 0 radical (unpaired) electrons. The fraction of sp³-hybridized carbons (Fsp3) is 0.947. The average molecular weight is 609 g/mol. The standard InChI is InChI=1S/C38H76N2O3/c1-12-17-20-23-26-37(10,15-4)40(38(11,27-24-21-18-13-2)28-25-22-19-14-3)34(42)36(8,9)32-35(6,7)31-33(41)39-29-30-43-16-5/h12-32H2,1-11H3,(H,39,41). The van der Waals surface area contributed by atoms with Crippen LogP contribution in [0.15, 0.2) is 0 Å². The summed E-state index contributed by atoms with van der Waals surface area (Å²) in [6.07, 6.45) is 19.9. The summed E-state index contributed by atoms with van der Waals surface area (Å²) < 4.78 is 5.39. The second kappa shape index (κ2) is 21.6. The van der Waals surface area contributed by atoms with E-state index in [1.807, 2.05) is 6.92 Å². The largest absolute Gasteiger partial charge is 0.380 e. The van der Waals surface area contributed by atoms with Crippen molar-refractivity contribution < 1.29 is 14.3 Å². The summed E-state index contributed by atoms with van der Waals surface area (Å²) in [5.74, 6) is 0.321. The number of hydrogen-bond acceptors (Lipinski definition) is 3. The van der Waals surface area contributed by atoms with E-state index in [2.05, 4.69) is 79.5 Å². The van der Waals surface area contributed by atoms with Gasteiger partial charge in [-0.15, -0.1) is 0 Å².